The Kier molecular flexibility index (Phi) is 2.91. The van der Waals surface area contributed by atoms with Crippen molar-refractivity contribution in [3.63, 3.8) is 0 Å². The largest absolute Gasteiger partial charge is 0.508 e. The summed E-state index contributed by atoms with van der Waals surface area (Å²) in [6, 6.07) is 10.6. The fourth-order valence-electron chi connectivity index (χ4n) is 2.21. The monoisotopic (exact) mass is 282 g/mol. The van der Waals surface area contributed by atoms with Gasteiger partial charge in [0.1, 0.15) is 5.75 Å². The highest BCUT2D eigenvalue weighted by Gasteiger charge is 2.26. The van der Waals surface area contributed by atoms with E-state index in [4.69, 9.17) is 0 Å². The number of aromatic hydroxyl groups is 1. The number of non-ortho nitro benzene ring substituents is 1. The molecular formula is C15H10N2O4. The molecule has 0 unspecified atom stereocenters. The number of rotatable bonds is 2. The van der Waals surface area contributed by atoms with Crippen LogP contribution in [0.4, 0.5) is 11.4 Å². The summed E-state index contributed by atoms with van der Waals surface area (Å²) in [5, 5.41) is 22.9. The summed E-state index contributed by atoms with van der Waals surface area (Å²) in [4.78, 5) is 22.3. The number of phenolic OH excluding ortho intramolecular Hbond substituents is 1. The third-order valence-electron chi connectivity index (χ3n) is 3.18. The molecule has 0 spiro atoms. The standard InChI is InChI=1S/C15H10N2O4/c18-11-3-1-2-9(6-11)7-13-12-8-10(17(20)21)4-5-14(12)16-15(13)19/h1-8,18H,(H,16,19). The van der Waals surface area contributed by atoms with Crippen LogP contribution in [0.15, 0.2) is 42.5 Å². The molecule has 1 amide bonds. The van der Waals surface area contributed by atoms with Crippen molar-refractivity contribution in [3.05, 3.63) is 63.7 Å². The lowest BCUT2D eigenvalue weighted by molar-refractivity contribution is -0.384. The van der Waals surface area contributed by atoms with Crippen molar-refractivity contribution in [2.75, 3.05) is 5.32 Å². The van der Waals surface area contributed by atoms with Crippen molar-refractivity contribution in [1.29, 1.82) is 0 Å². The SMILES string of the molecule is O=C1Nc2ccc([N+](=O)[O-])cc2C1=Cc1cccc(O)c1. The molecule has 0 atom stereocenters. The Morgan fingerprint density at radius 3 is 2.71 bits per heavy atom. The number of nitro benzene ring substituents is 1. The number of hydrogen-bond donors (Lipinski definition) is 2. The molecule has 0 bridgehead atoms. The van der Waals surface area contributed by atoms with Crippen LogP contribution in [0, 0.1) is 10.1 Å². The maximum Gasteiger partial charge on any atom is 0.270 e. The Morgan fingerprint density at radius 2 is 2.00 bits per heavy atom. The highest BCUT2D eigenvalue weighted by atomic mass is 16.6. The minimum atomic E-state index is -0.505. The molecule has 6 nitrogen and oxygen atoms in total. The van der Waals surface area contributed by atoms with Gasteiger partial charge in [-0.2, -0.15) is 0 Å². The Balaban J connectivity index is 2.11. The third-order valence-corrected chi connectivity index (χ3v) is 3.18. The maximum atomic E-state index is 12.0. The van der Waals surface area contributed by atoms with Gasteiger partial charge in [-0.05, 0) is 29.8 Å². The van der Waals surface area contributed by atoms with E-state index < -0.39 is 4.92 Å². The Morgan fingerprint density at radius 1 is 1.19 bits per heavy atom. The van der Waals surface area contributed by atoms with Gasteiger partial charge in [-0.25, -0.2) is 0 Å². The minimum Gasteiger partial charge on any atom is -0.508 e. The van der Waals surface area contributed by atoms with E-state index in [-0.39, 0.29) is 17.3 Å². The van der Waals surface area contributed by atoms with E-state index in [1.54, 1.807) is 18.2 Å². The molecule has 2 aromatic rings. The lowest BCUT2D eigenvalue weighted by Gasteiger charge is -2.00. The highest BCUT2D eigenvalue weighted by Crippen LogP contribution is 2.35. The van der Waals surface area contributed by atoms with Crippen LogP contribution in [0.2, 0.25) is 0 Å². The molecule has 1 aliphatic heterocycles. The van der Waals surface area contributed by atoms with Gasteiger partial charge in [-0.15, -0.1) is 0 Å². The highest BCUT2D eigenvalue weighted by molar-refractivity contribution is 6.35. The van der Waals surface area contributed by atoms with Crippen molar-refractivity contribution >= 4 is 28.9 Å². The van der Waals surface area contributed by atoms with Crippen molar-refractivity contribution in [3.8, 4) is 5.75 Å². The maximum absolute atomic E-state index is 12.0. The smallest absolute Gasteiger partial charge is 0.270 e. The number of benzene rings is 2. The van der Waals surface area contributed by atoms with Crippen LogP contribution in [0.1, 0.15) is 11.1 Å². The summed E-state index contributed by atoms with van der Waals surface area (Å²) in [5.41, 5.74) is 1.92. The zero-order valence-corrected chi connectivity index (χ0v) is 10.7. The summed E-state index contributed by atoms with van der Waals surface area (Å²) in [6.07, 6.45) is 1.59. The fourth-order valence-corrected chi connectivity index (χ4v) is 2.21. The van der Waals surface area contributed by atoms with Crippen molar-refractivity contribution < 1.29 is 14.8 Å². The first-order chi connectivity index (χ1) is 10.0. The molecule has 1 aliphatic rings. The number of nitrogens with one attached hydrogen (secondary N) is 1. The number of fused-ring (bicyclic) bond motifs is 1. The van der Waals surface area contributed by atoms with Crippen molar-refractivity contribution in [2.24, 2.45) is 0 Å². The number of nitrogens with zero attached hydrogens (tertiary/aromatic N) is 1. The molecule has 21 heavy (non-hydrogen) atoms. The predicted molar refractivity (Wildman–Crippen MR) is 77.7 cm³/mol. The third kappa shape index (κ3) is 2.34. The Labute approximate surface area is 119 Å². The van der Waals surface area contributed by atoms with Gasteiger partial charge in [0.05, 0.1) is 4.92 Å². The number of anilines is 1. The minimum absolute atomic E-state index is 0.0768. The number of carbonyl (C=O) groups is 1. The first-order valence-electron chi connectivity index (χ1n) is 6.15. The predicted octanol–water partition coefficient (Wildman–Crippen LogP) is 2.79. The second kappa shape index (κ2) is 4.75. The Hall–Kier alpha value is -3.15. The summed E-state index contributed by atoms with van der Waals surface area (Å²) < 4.78 is 0. The zero-order valence-electron chi connectivity index (χ0n) is 10.7. The molecule has 0 aromatic heterocycles. The van der Waals surface area contributed by atoms with E-state index in [1.807, 2.05) is 0 Å². The summed E-state index contributed by atoms with van der Waals surface area (Å²) in [5.74, 6) is -0.240. The van der Waals surface area contributed by atoms with E-state index in [0.29, 0.717) is 22.4 Å². The molecule has 6 heteroatoms. The first kappa shape index (κ1) is 12.9. The van der Waals surface area contributed by atoms with Gasteiger partial charge in [0.15, 0.2) is 0 Å². The van der Waals surface area contributed by atoms with Gasteiger partial charge in [-0.3, -0.25) is 14.9 Å². The van der Waals surface area contributed by atoms with Crippen LogP contribution < -0.4 is 5.32 Å². The molecule has 3 rings (SSSR count). The second-order valence-electron chi connectivity index (χ2n) is 4.59. The van der Waals surface area contributed by atoms with E-state index in [1.165, 1.54) is 30.3 Å². The molecule has 1 heterocycles. The number of carbonyl (C=O) groups excluding carboxylic acids is 1. The zero-order chi connectivity index (χ0) is 15.0. The van der Waals surface area contributed by atoms with Gasteiger partial charge >= 0.3 is 0 Å². The second-order valence-corrected chi connectivity index (χ2v) is 4.59. The van der Waals surface area contributed by atoms with E-state index in [9.17, 15) is 20.0 Å². The normalized spacial score (nSPS) is 14.9. The quantitative estimate of drug-likeness (QED) is 0.503. The number of amides is 1. The van der Waals surface area contributed by atoms with Crippen LogP contribution in [0.3, 0.4) is 0 Å². The lowest BCUT2D eigenvalue weighted by atomic mass is 10.0. The van der Waals surface area contributed by atoms with Crippen LogP contribution in [-0.4, -0.2) is 15.9 Å². The molecule has 2 aromatic carbocycles. The van der Waals surface area contributed by atoms with Crippen LogP contribution in [-0.2, 0) is 4.79 Å². The van der Waals surface area contributed by atoms with Crippen molar-refractivity contribution in [1.82, 2.24) is 0 Å². The molecule has 0 saturated heterocycles. The van der Waals surface area contributed by atoms with Gasteiger partial charge in [0.2, 0.25) is 0 Å². The Bertz CT molecular complexity index is 796. The average Bonchev–Trinajstić information content (AvgIpc) is 2.74. The van der Waals surface area contributed by atoms with Crippen LogP contribution in [0.5, 0.6) is 5.75 Å². The number of nitro groups is 1. The van der Waals surface area contributed by atoms with Gasteiger partial charge in [0, 0.05) is 29.0 Å². The molecule has 0 fully saturated rings. The average molecular weight is 282 g/mol. The van der Waals surface area contributed by atoms with Crippen molar-refractivity contribution in [2.45, 2.75) is 0 Å². The molecule has 0 saturated carbocycles. The molecular weight excluding hydrogens is 272 g/mol. The first-order valence-corrected chi connectivity index (χ1v) is 6.15. The fraction of sp³-hybridized carbons (Fsp3) is 0. The molecule has 0 aliphatic carbocycles. The summed E-state index contributed by atoms with van der Waals surface area (Å²) in [6.45, 7) is 0. The van der Waals surface area contributed by atoms with Gasteiger partial charge in [-0.1, -0.05) is 12.1 Å². The number of hydrogen-bond acceptors (Lipinski definition) is 4. The van der Waals surface area contributed by atoms with Gasteiger partial charge < -0.3 is 10.4 Å². The lowest BCUT2D eigenvalue weighted by Crippen LogP contribution is -2.03. The van der Waals surface area contributed by atoms with Crippen LogP contribution in [0.25, 0.3) is 11.6 Å². The molecule has 2 N–H and O–H groups in total. The topological polar surface area (TPSA) is 92.5 Å². The van der Waals surface area contributed by atoms with Crippen LogP contribution >= 0.6 is 0 Å². The van der Waals surface area contributed by atoms with E-state index in [2.05, 4.69) is 5.32 Å². The summed E-state index contributed by atoms with van der Waals surface area (Å²) >= 11 is 0. The molecule has 104 valence electrons. The van der Waals surface area contributed by atoms with Gasteiger partial charge in [0.25, 0.3) is 11.6 Å². The van der Waals surface area contributed by atoms with E-state index >= 15 is 0 Å². The number of phenols is 1. The van der Waals surface area contributed by atoms with E-state index in [0.717, 1.165) is 0 Å². The summed E-state index contributed by atoms with van der Waals surface area (Å²) in [7, 11) is 0. The molecule has 0 radical (unpaired) electrons.